The zero-order chi connectivity index (χ0) is 18.1. The minimum atomic E-state index is -3.43. The quantitative estimate of drug-likeness (QED) is 0.844. The first-order chi connectivity index (χ1) is 11.8. The van der Waals surface area contributed by atoms with Crippen molar-refractivity contribution in [2.24, 2.45) is 0 Å². The van der Waals surface area contributed by atoms with Gasteiger partial charge >= 0.3 is 0 Å². The summed E-state index contributed by atoms with van der Waals surface area (Å²) in [5, 5.41) is 0. The number of rotatable bonds is 3. The van der Waals surface area contributed by atoms with Crippen molar-refractivity contribution in [3.8, 4) is 0 Å². The molecule has 0 saturated carbocycles. The number of piperazine rings is 1. The molecule has 25 heavy (non-hydrogen) atoms. The Morgan fingerprint density at radius 2 is 1.56 bits per heavy atom. The van der Waals surface area contributed by atoms with Crippen molar-refractivity contribution in [1.82, 2.24) is 4.31 Å². The smallest absolute Gasteiger partial charge is 0.259 e. The molecule has 1 fully saturated rings. The third-order valence-corrected chi connectivity index (χ3v) is 6.54. The molecule has 0 amide bonds. The average Bonchev–Trinajstić information content (AvgIpc) is 2.62. The second-order valence-corrected chi connectivity index (χ2v) is 9.35. The molecule has 0 radical (unpaired) electrons. The van der Waals surface area contributed by atoms with Crippen LogP contribution in [0, 0.1) is 0 Å². The summed E-state index contributed by atoms with van der Waals surface area (Å²) in [7, 11) is -3.43. The topological polar surface area (TPSA) is 54.8 Å². The molecule has 134 valence electrons. The molecule has 0 atom stereocenters. The fraction of sp³-hybridized carbons (Fsp3) is 0.421. The summed E-state index contributed by atoms with van der Waals surface area (Å²) in [6.07, 6.45) is 1.88. The molecule has 2 heterocycles. The minimum absolute atomic E-state index is 0.0140. The Bertz CT molecular complexity index is 804. The summed E-state index contributed by atoms with van der Waals surface area (Å²) in [5.41, 5.74) is 1.15. The van der Waals surface area contributed by atoms with Gasteiger partial charge in [0.25, 0.3) is 5.82 Å². The minimum Gasteiger partial charge on any atom is -0.259 e. The van der Waals surface area contributed by atoms with Gasteiger partial charge in [-0.15, -0.1) is 0 Å². The average molecular weight is 361 g/mol. The monoisotopic (exact) mass is 360 g/mol. The van der Waals surface area contributed by atoms with E-state index in [9.17, 15) is 8.42 Å². The number of nitrogens with one attached hydrogen (secondary N) is 1. The van der Waals surface area contributed by atoms with Crippen LogP contribution in [0.1, 0.15) is 26.3 Å². The van der Waals surface area contributed by atoms with Crippen LogP contribution in [0.15, 0.2) is 53.6 Å². The van der Waals surface area contributed by atoms with Crippen LogP contribution in [0.5, 0.6) is 0 Å². The van der Waals surface area contributed by atoms with Crippen LogP contribution in [0.4, 0.5) is 5.82 Å². The number of aromatic amines is 1. The third kappa shape index (κ3) is 3.85. The molecule has 5 nitrogen and oxygen atoms in total. The molecule has 0 unspecified atom stereocenters. The van der Waals surface area contributed by atoms with E-state index >= 15 is 0 Å². The van der Waals surface area contributed by atoms with E-state index in [0.717, 1.165) is 11.4 Å². The van der Waals surface area contributed by atoms with Crippen LogP contribution >= 0.6 is 0 Å². The molecular weight excluding hydrogens is 334 g/mol. The Labute approximate surface area is 150 Å². The molecule has 2 aromatic rings. The first-order valence-corrected chi connectivity index (χ1v) is 10.0. The van der Waals surface area contributed by atoms with Crippen LogP contribution in [0.2, 0.25) is 0 Å². The lowest BCUT2D eigenvalue weighted by molar-refractivity contribution is -0.364. The molecule has 1 saturated heterocycles. The van der Waals surface area contributed by atoms with Gasteiger partial charge in [0.2, 0.25) is 10.0 Å². The van der Waals surface area contributed by atoms with Crippen LogP contribution in [-0.2, 0) is 15.4 Å². The summed E-state index contributed by atoms with van der Waals surface area (Å²) < 4.78 is 27.4. The summed E-state index contributed by atoms with van der Waals surface area (Å²) in [6.45, 7) is 8.71. The number of sulfonamides is 1. The van der Waals surface area contributed by atoms with Crippen molar-refractivity contribution in [1.29, 1.82) is 0 Å². The van der Waals surface area contributed by atoms with Gasteiger partial charge in [-0.25, -0.2) is 13.4 Å². The number of aromatic nitrogens is 1. The predicted octanol–water partition coefficient (Wildman–Crippen LogP) is 2.31. The van der Waals surface area contributed by atoms with Crippen molar-refractivity contribution < 1.29 is 13.4 Å². The van der Waals surface area contributed by atoms with Crippen molar-refractivity contribution in [3.63, 3.8) is 0 Å². The Balaban J connectivity index is 1.72. The van der Waals surface area contributed by atoms with E-state index in [-0.39, 0.29) is 5.41 Å². The number of nitrogens with zero attached hydrogens (tertiary/aromatic N) is 2. The Kier molecular flexibility index (Phi) is 4.84. The molecule has 0 bridgehead atoms. The number of H-pyrrole nitrogens is 1. The first kappa shape index (κ1) is 17.9. The van der Waals surface area contributed by atoms with Crippen molar-refractivity contribution >= 4 is 15.8 Å². The van der Waals surface area contributed by atoms with Gasteiger partial charge in [-0.1, -0.05) is 39.0 Å². The fourth-order valence-electron chi connectivity index (χ4n) is 3.03. The lowest BCUT2D eigenvalue weighted by Crippen LogP contribution is -2.49. The van der Waals surface area contributed by atoms with Crippen LogP contribution < -0.4 is 9.88 Å². The van der Waals surface area contributed by atoms with Crippen LogP contribution in [0.3, 0.4) is 0 Å². The highest BCUT2D eigenvalue weighted by molar-refractivity contribution is 7.89. The van der Waals surface area contributed by atoms with Gasteiger partial charge in [-0.05, 0) is 29.2 Å². The second kappa shape index (κ2) is 6.77. The van der Waals surface area contributed by atoms with Gasteiger partial charge < -0.3 is 0 Å². The zero-order valence-corrected chi connectivity index (χ0v) is 15.9. The number of hydrogen-bond acceptors (Lipinski definition) is 3. The second-order valence-electron chi connectivity index (χ2n) is 7.41. The van der Waals surface area contributed by atoms with E-state index in [1.54, 1.807) is 16.4 Å². The highest BCUT2D eigenvalue weighted by Crippen LogP contribution is 2.25. The van der Waals surface area contributed by atoms with E-state index in [0.29, 0.717) is 31.1 Å². The highest BCUT2D eigenvalue weighted by atomic mass is 32.2. The Hall–Kier alpha value is -1.92. The van der Waals surface area contributed by atoms with Crippen molar-refractivity contribution in [2.75, 3.05) is 31.1 Å². The fourth-order valence-corrected chi connectivity index (χ4v) is 4.45. The SMILES string of the molecule is CC(C)(C)c1ccc(S(=O)(=O)N2CCN(c3cccc[nH+]3)CC2)cc1. The standard InChI is InChI=1S/C19H25N3O2S/c1-19(2,3)16-7-9-17(10-8-16)25(23,24)22-14-12-21(13-15-22)18-6-4-5-11-20-18/h4-11H,12-15H2,1-3H3/p+1. The maximum Gasteiger partial charge on any atom is 0.274 e. The number of pyridine rings is 1. The molecule has 1 aromatic heterocycles. The summed E-state index contributed by atoms with van der Waals surface area (Å²) >= 11 is 0. The van der Waals surface area contributed by atoms with E-state index in [1.165, 1.54) is 0 Å². The predicted molar refractivity (Wildman–Crippen MR) is 99.1 cm³/mol. The van der Waals surface area contributed by atoms with Crippen molar-refractivity contribution in [3.05, 3.63) is 54.2 Å². The highest BCUT2D eigenvalue weighted by Gasteiger charge is 2.31. The molecule has 1 N–H and O–H groups in total. The molecular formula is C19H26N3O2S+. The van der Waals surface area contributed by atoms with Gasteiger partial charge in [-0.3, -0.25) is 4.90 Å². The Morgan fingerprint density at radius 1 is 0.920 bits per heavy atom. The summed E-state index contributed by atoms with van der Waals surface area (Å²) in [6, 6.07) is 13.2. The lowest BCUT2D eigenvalue weighted by Gasteiger charge is -2.30. The largest absolute Gasteiger partial charge is 0.274 e. The molecule has 3 rings (SSSR count). The van der Waals surface area contributed by atoms with E-state index in [4.69, 9.17) is 0 Å². The zero-order valence-electron chi connectivity index (χ0n) is 15.1. The maximum absolute atomic E-state index is 12.9. The number of hydrogen-bond donors (Lipinski definition) is 0. The van der Waals surface area contributed by atoms with Gasteiger partial charge in [0, 0.05) is 6.07 Å². The van der Waals surface area contributed by atoms with Gasteiger partial charge in [0.05, 0.1) is 37.3 Å². The number of benzene rings is 1. The van der Waals surface area contributed by atoms with E-state index in [1.807, 2.05) is 36.5 Å². The van der Waals surface area contributed by atoms with E-state index in [2.05, 4.69) is 30.7 Å². The number of anilines is 1. The molecule has 6 heteroatoms. The van der Waals surface area contributed by atoms with Gasteiger partial charge in [0.15, 0.2) is 0 Å². The van der Waals surface area contributed by atoms with Crippen molar-refractivity contribution in [2.45, 2.75) is 31.1 Å². The molecule has 0 spiro atoms. The molecule has 1 aromatic carbocycles. The summed E-state index contributed by atoms with van der Waals surface area (Å²) in [4.78, 5) is 5.75. The first-order valence-electron chi connectivity index (χ1n) is 8.61. The molecule has 1 aliphatic rings. The van der Waals surface area contributed by atoms with Crippen LogP contribution in [-0.4, -0.2) is 38.9 Å². The molecule has 1 aliphatic heterocycles. The Morgan fingerprint density at radius 3 is 2.08 bits per heavy atom. The lowest BCUT2D eigenvalue weighted by atomic mass is 9.87. The maximum atomic E-state index is 12.9. The normalized spacial score (nSPS) is 16.8. The summed E-state index contributed by atoms with van der Waals surface area (Å²) in [5.74, 6) is 1.02. The van der Waals surface area contributed by atoms with Gasteiger partial charge in [-0.2, -0.15) is 4.31 Å². The van der Waals surface area contributed by atoms with Crippen LogP contribution in [0.25, 0.3) is 0 Å². The third-order valence-electron chi connectivity index (χ3n) is 4.63. The van der Waals surface area contributed by atoms with E-state index < -0.39 is 10.0 Å². The molecule has 0 aliphatic carbocycles. The van der Waals surface area contributed by atoms with Gasteiger partial charge in [0.1, 0.15) is 0 Å².